The summed E-state index contributed by atoms with van der Waals surface area (Å²) < 4.78 is 25.4. The van der Waals surface area contributed by atoms with Crippen molar-refractivity contribution in [2.24, 2.45) is 0 Å². The van der Waals surface area contributed by atoms with Crippen LogP contribution in [0.15, 0.2) is 71.4 Å². The van der Waals surface area contributed by atoms with Gasteiger partial charge in [0.05, 0.1) is 4.90 Å². The molecule has 3 aliphatic rings. The second-order valence-corrected chi connectivity index (χ2v) is 9.82. The van der Waals surface area contributed by atoms with Crippen molar-refractivity contribution < 1.29 is 24.1 Å². The number of benzene rings is 2. The lowest BCUT2D eigenvalue weighted by Gasteiger charge is -2.27. The fraction of sp³-hybridized carbons (Fsp3) is 0.333. The topological polar surface area (TPSA) is 62.2 Å². The van der Waals surface area contributed by atoms with Gasteiger partial charge in [-0.25, -0.2) is 4.39 Å². The van der Waals surface area contributed by atoms with E-state index in [-0.39, 0.29) is 11.1 Å². The lowest BCUT2D eigenvalue weighted by atomic mass is 10.1. The standard InChI is InChI=1S/C20H21ClFNO3S.C7H8O/c21-18-19(24)15(22)11-17-20(18)26-16(12-27-17)13-3-5-14(6-4-13)25-10-9-23-7-1-2-8-23;8-7-5-3-1-2-4-6-7/h3-6,11,16,24H,1-2,7-10,12H2;1-3,5-6,8H,4H2/t16-;/m1./s1. The van der Waals surface area contributed by atoms with Gasteiger partial charge < -0.3 is 19.7 Å². The molecule has 0 amide bonds. The minimum Gasteiger partial charge on any atom is -0.508 e. The molecule has 1 fully saturated rings. The average Bonchev–Trinajstić information content (AvgIpc) is 3.28. The predicted octanol–water partition coefficient (Wildman–Crippen LogP) is 6.83. The van der Waals surface area contributed by atoms with E-state index >= 15 is 0 Å². The zero-order valence-corrected chi connectivity index (χ0v) is 20.9. The van der Waals surface area contributed by atoms with E-state index in [4.69, 9.17) is 26.2 Å². The lowest BCUT2D eigenvalue weighted by Crippen LogP contribution is -2.25. The number of aromatic hydroxyl groups is 1. The second-order valence-electron chi connectivity index (χ2n) is 8.38. The molecule has 0 radical (unpaired) electrons. The van der Waals surface area contributed by atoms with E-state index < -0.39 is 11.6 Å². The van der Waals surface area contributed by atoms with Crippen molar-refractivity contribution in [1.29, 1.82) is 0 Å². The van der Waals surface area contributed by atoms with E-state index in [0.717, 1.165) is 24.3 Å². The van der Waals surface area contributed by atoms with E-state index in [0.29, 0.717) is 28.8 Å². The van der Waals surface area contributed by atoms with Crippen LogP contribution in [0.1, 0.15) is 30.9 Å². The van der Waals surface area contributed by atoms with Gasteiger partial charge in [0.2, 0.25) is 0 Å². The highest BCUT2D eigenvalue weighted by molar-refractivity contribution is 7.99. The van der Waals surface area contributed by atoms with Crippen LogP contribution in [-0.2, 0) is 0 Å². The summed E-state index contributed by atoms with van der Waals surface area (Å²) in [6.45, 7) is 3.98. The molecule has 0 bridgehead atoms. The summed E-state index contributed by atoms with van der Waals surface area (Å²) in [5.74, 6) is 0.863. The first-order valence-electron chi connectivity index (χ1n) is 11.7. The Balaban J connectivity index is 0.000000308. The van der Waals surface area contributed by atoms with Crippen molar-refractivity contribution in [3.8, 4) is 17.2 Å². The van der Waals surface area contributed by atoms with Gasteiger partial charge in [0, 0.05) is 12.3 Å². The zero-order valence-electron chi connectivity index (χ0n) is 19.3. The second kappa shape index (κ2) is 12.4. The summed E-state index contributed by atoms with van der Waals surface area (Å²) in [6.07, 6.45) is 12.3. The minimum atomic E-state index is -0.733. The Morgan fingerprint density at radius 2 is 1.91 bits per heavy atom. The Morgan fingerprint density at radius 1 is 1.14 bits per heavy atom. The summed E-state index contributed by atoms with van der Waals surface area (Å²) in [6, 6.07) is 9.07. The van der Waals surface area contributed by atoms with Gasteiger partial charge in [0.1, 0.15) is 29.2 Å². The number of halogens is 2. The molecular formula is C27H29ClFNO4S. The Hall–Kier alpha value is -2.61. The highest BCUT2D eigenvalue weighted by Gasteiger charge is 2.27. The molecule has 2 N–H and O–H groups in total. The van der Waals surface area contributed by atoms with Gasteiger partial charge in [0.15, 0.2) is 17.3 Å². The summed E-state index contributed by atoms with van der Waals surface area (Å²) in [5.41, 5.74) is 0.986. The molecule has 8 heteroatoms. The highest BCUT2D eigenvalue weighted by atomic mass is 35.5. The Labute approximate surface area is 214 Å². The Bertz CT molecular complexity index is 1090. The van der Waals surface area contributed by atoms with E-state index in [9.17, 15) is 9.50 Å². The van der Waals surface area contributed by atoms with Crippen LogP contribution in [0.5, 0.6) is 17.2 Å². The SMILES string of the molecule is OC1=CCC=CC=C1.Oc1c(F)cc2c(c1Cl)O[C@@H](c1ccc(OCCN3CCCC3)cc1)CS2. The van der Waals surface area contributed by atoms with E-state index in [2.05, 4.69) is 4.90 Å². The molecule has 1 aliphatic carbocycles. The van der Waals surface area contributed by atoms with Crippen molar-refractivity contribution in [3.63, 3.8) is 0 Å². The maximum atomic E-state index is 13.6. The van der Waals surface area contributed by atoms with Gasteiger partial charge >= 0.3 is 0 Å². The highest BCUT2D eigenvalue weighted by Crippen LogP contribution is 2.48. The number of allylic oxidation sites excluding steroid dienone is 5. The first-order valence-corrected chi connectivity index (χ1v) is 13.1. The number of aliphatic hydroxyl groups excluding tert-OH is 1. The average molecular weight is 518 g/mol. The number of likely N-dealkylation sites (tertiary alicyclic amines) is 1. The summed E-state index contributed by atoms with van der Waals surface area (Å²) in [5, 5.41) is 18.4. The fourth-order valence-electron chi connectivity index (χ4n) is 3.94. The third-order valence-electron chi connectivity index (χ3n) is 5.87. The molecule has 5 nitrogen and oxygen atoms in total. The van der Waals surface area contributed by atoms with E-state index in [1.54, 1.807) is 12.2 Å². The van der Waals surface area contributed by atoms with Crippen molar-refractivity contribution in [2.45, 2.75) is 30.3 Å². The molecule has 1 saturated heterocycles. The molecule has 2 aromatic rings. The number of ether oxygens (including phenoxy) is 2. The van der Waals surface area contributed by atoms with Crippen LogP contribution in [0.3, 0.4) is 0 Å². The molecule has 0 aromatic heterocycles. The normalized spacial score (nSPS) is 19.1. The fourth-order valence-corrected chi connectivity index (χ4v) is 5.29. The number of hydrogen-bond acceptors (Lipinski definition) is 6. The molecule has 186 valence electrons. The molecule has 2 heterocycles. The van der Waals surface area contributed by atoms with Crippen LogP contribution in [0, 0.1) is 5.82 Å². The quantitative estimate of drug-likeness (QED) is 0.453. The maximum absolute atomic E-state index is 13.6. The number of thioether (sulfide) groups is 1. The largest absolute Gasteiger partial charge is 0.508 e. The van der Waals surface area contributed by atoms with Crippen LogP contribution >= 0.6 is 23.4 Å². The number of rotatable bonds is 5. The van der Waals surface area contributed by atoms with Gasteiger partial charge in [-0.1, -0.05) is 42.0 Å². The van der Waals surface area contributed by atoms with Crippen molar-refractivity contribution in [3.05, 3.63) is 82.9 Å². The molecule has 2 aromatic carbocycles. The number of phenolic OH excluding ortho intramolecular Hbond substituents is 1. The van der Waals surface area contributed by atoms with Crippen LogP contribution in [-0.4, -0.2) is 47.1 Å². The molecule has 0 spiro atoms. The van der Waals surface area contributed by atoms with E-state index in [1.165, 1.54) is 43.8 Å². The first kappa shape index (κ1) is 25.5. The summed E-state index contributed by atoms with van der Waals surface area (Å²) in [7, 11) is 0. The van der Waals surface area contributed by atoms with Crippen LogP contribution in [0.2, 0.25) is 5.02 Å². The summed E-state index contributed by atoms with van der Waals surface area (Å²) >= 11 is 7.52. The molecule has 0 saturated carbocycles. The van der Waals surface area contributed by atoms with Crippen molar-refractivity contribution in [2.75, 3.05) is 32.0 Å². The first-order chi connectivity index (χ1) is 17.0. The van der Waals surface area contributed by atoms with Crippen molar-refractivity contribution in [1.82, 2.24) is 4.90 Å². The van der Waals surface area contributed by atoms with Gasteiger partial charge in [-0.05, 0) is 68.3 Å². The van der Waals surface area contributed by atoms with Gasteiger partial charge in [-0.3, -0.25) is 4.90 Å². The van der Waals surface area contributed by atoms with Crippen molar-refractivity contribution >= 4 is 23.4 Å². The maximum Gasteiger partial charge on any atom is 0.174 e. The third kappa shape index (κ3) is 6.97. The monoisotopic (exact) mass is 517 g/mol. The van der Waals surface area contributed by atoms with Crippen LogP contribution in [0.4, 0.5) is 4.39 Å². The predicted molar refractivity (Wildman–Crippen MR) is 138 cm³/mol. The number of phenols is 1. The lowest BCUT2D eigenvalue weighted by molar-refractivity contribution is 0.218. The molecule has 35 heavy (non-hydrogen) atoms. The van der Waals surface area contributed by atoms with E-state index in [1.807, 2.05) is 42.5 Å². The third-order valence-corrected chi connectivity index (χ3v) is 7.30. The van der Waals surface area contributed by atoms with Gasteiger partial charge in [-0.15, -0.1) is 11.8 Å². The number of hydrogen-bond donors (Lipinski definition) is 2. The Kier molecular flexibility index (Phi) is 9.01. The smallest absolute Gasteiger partial charge is 0.174 e. The van der Waals surface area contributed by atoms with Crippen LogP contribution < -0.4 is 9.47 Å². The Morgan fingerprint density at radius 3 is 2.69 bits per heavy atom. The number of fused-ring (bicyclic) bond motifs is 1. The summed E-state index contributed by atoms with van der Waals surface area (Å²) in [4.78, 5) is 3.02. The zero-order chi connectivity index (χ0) is 24.6. The molecule has 2 aliphatic heterocycles. The van der Waals surface area contributed by atoms with Gasteiger partial charge in [-0.2, -0.15) is 0 Å². The molecule has 1 atom stereocenters. The number of nitrogens with zero attached hydrogens (tertiary/aromatic N) is 1. The molecule has 0 unspecified atom stereocenters. The number of aliphatic hydroxyl groups is 1. The molecule has 5 rings (SSSR count). The van der Waals surface area contributed by atoms with Crippen LogP contribution in [0.25, 0.3) is 0 Å². The van der Waals surface area contributed by atoms with Gasteiger partial charge in [0.25, 0.3) is 0 Å². The molecular weight excluding hydrogens is 489 g/mol. The minimum absolute atomic E-state index is 0.0796.